The second-order valence-corrected chi connectivity index (χ2v) is 6.19. The van der Waals surface area contributed by atoms with E-state index in [2.05, 4.69) is 43.7 Å². The number of rotatable bonds is 2. The summed E-state index contributed by atoms with van der Waals surface area (Å²) in [5.74, 6) is -0.371. The Labute approximate surface area is 119 Å². The Morgan fingerprint density at radius 3 is 2.80 bits per heavy atom. The lowest BCUT2D eigenvalue weighted by Gasteiger charge is -2.20. The monoisotopic (exact) mass is 271 g/mol. The van der Waals surface area contributed by atoms with Gasteiger partial charge in [-0.05, 0) is 42.0 Å². The second-order valence-electron chi connectivity index (χ2n) is 6.19. The van der Waals surface area contributed by atoms with Gasteiger partial charge in [0.25, 0.3) is 0 Å². The summed E-state index contributed by atoms with van der Waals surface area (Å²) in [6.45, 7) is 4.41. The van der Waals surface area contributed by atoms with Gasteiger partial charge < -0.3 is 9.67 Å². The van der Waals surface area contributed by atoms with E-state index in [-0.39, 0.29) is 5.92 Å². The Bertz CT molecular complexity index is 682. The molecule has 1 aliphatic rings. The molecule has 1 heterocycles. The van der Waals surface area contributed by atoms with Gasteiger partial charge in [0.2, 0.25) is 0 Å². The maximum atomic E-state index is 11.2. The number of aryl methyl sites for hydroxylation is 2. The summed E-state index contributed by atoms with van der Waals surface area (Å²) in [6.07, 6.45) is 2.30. The van der Waals surface area contributed by atoms with Crippen molar-refractivity contribution >= 4 is 16.9 Å². The fourth-order valence-corrected chi connectivity index (χ4v) is 3.35. The van der Waals surface area contributed by atoms with Gasteiger partial charge in [0.1, 0.15) is 0 Å². The number of fused-ring (bicyclic) bond motifs is 3. The maximum Gasteiger partial charge on any atom is 0.306 e. The first-order valence-corrected chi connectivity index (χ1v) is 7.32. The van der Waals surface area contributed by atoms with Gasteiger partial charge in [-0.15, -0.1) is 0 Å². The SMILES string of the molecule is CC(C)c1ccc2c(c1)c1c(n2C)CC(C(=O)O)CC1. The van der Waals surface area contributed by atoms with Gasteiger partial charge in [0.05, 0.1) is 5.92 Å². The molecule has 3 rings (SSSR count). The van der Waals surface area contributed by atoms with Crippen LogP contribution in [-0.2, 0) is 24.7 Å². The Morgan fingerprint density at radius 2 is 2.15 bits per heavy atom. The highest BCUT2D eigenvalue weighted by Gasteiger charge is 2.28. The largest absolute Gasteiger partial charge is 0.481 e. The quantitative estimate of drug-likeness (QED) is 0.908. The Kier molecular flexibility index (Phi) is 3.08. The van der Waals surface area contributed by atoms with Crippen LogP contribution in [0.3, 0.4) is 0 Å². The fraction of sp³-hybridized carbons (Fsp3) is 0.471. The zero-order valence-electron chi connectivity index (χ0n) is 12.3. The van der Waals surface area contributed by atoms with Crippen molar-refractivity contribution in [1.82, 2.24) is 4.57 Å². The van der Waals surface area contributed by atoms with E-state index in [1.54, 1.807) is 0 Å². The van der Waals surface area contributed by atoms with Crippen molar-refractivity contribution in [3.8, 4) is 0 Å². The molecule has 0 radical (unpaired) electrons. The van der Waals surface area contributed by atoms with Gasteiger partial charge in [-0.3, -0.25) is 4.79 Å². The van der Waals surface area contributed by atoms with Crippen molar-refractivity contribution in [2.24, 2.45) is 13.0 Å². The molecular weight excluding hydrogens is 250 g/mol. The van der Waals surface area contributed by atoms with Gasteiger partial charge in [-0.1, -0.05) is 19.9 Å². The fourth-order valence-electron chi connectivity index (χ4n) is 3.35. The zero-order valence-corrected chi connectivity index (χ0v) is 12.3. The molecule has 1 unspecified atom stereocenters. The molecule has 0 spiro atoms. The summed E-state index contributed by atoms with van der Waals surface area (Å²) in [7, 11) is 2.06. The van der Waals surface area contributed by atoms with Crippen molar-refractivity contribution in [2.45, 2.75) is 39.0 Å². The molecule has 0 bridgehead atoms. The molecule has 20 heavy (non-hydrogen) atoms. The zero-order chi connectivity index (χ0) is 14.4. The number of benzene rings is 1. The van der Waals surface area contributed by atoms with Gasteiger partial charge in [0.15, 0.2) is 0 Å². The number of carboxylic acid groups (broad SMARTS) is 1. The summed E-state index contributed by atoms with van der Waals surface area (Å²) >= 11 is 0. The van der Waals surface area contributed by atoms with E-state index in [1.807, 2.05) is 0 Å². The molecule has 1 aliphatic carbocycles. The molecule has 0 aliphatic heterocycles. The minimum Gasteiger partial charge on any atom is -0.481 e. The van der Waals surface area contributed by atoms with Crippen LogP contribution in [0.25, 0.3) is 10.9 Å². The number of hydrogen-bond acceptors (Lipinski definition) is 1. The topological polar surface area (TPSA) is 42.2 Å². The smallest absolute Gasteiger partial charge is 0.306 e. The summed E-state index contributed by atoms with van der Waals surface area (Å²) in [5, 5.41) is 10.6. The molecule has 2 aromatic rings. The lowest BCUT2D eigenvalue weighted by molar-refractivity contribution is -0.142. The number of aliphatic carboxylic acids is 1. The van der Waals surface area contributed by atoms with Gasteiger partial charge >= 0.3 is 5.97 Å². The molecular formula is C17H21NO2. The van der Waals surface area contributed by atoms with E-state index in [0.717, 1.165) is 12.8 Å². The van der Waals surface area contributed by atoms with E-state index < -0.39 is 5.97 Å². The summed E-state index contributed by atoms with van der Waals surface area (Å²) in [5.41, 5.74) is 5.15. The molecule has 1 aromatic carbocycles. The highest BCUT2D eigenvalue weighted by Crippen LogP contribution is 2.35. The van der Waals surface area contributed by atoms with Crippen LogP contribution in [0.5, 0.6) is 0 Å². The Morgan fingerprint density at radius 1 is 1.40 bits per heavy atom. The molecule has 106 valence electrons. The van der Waals surface area contributed by atoms with E-state index in [4.69, 9.17) is 0 Å². The van der Waals surface area contributed by atoms with Gasteiger partial charge in [-0.25, -0.2) is 0 Å². The van der Waals surface area contributed by atoms with Crippen molar-refractivity contribution in [2.75, 3.05) is 0 Å². The maximum absolute atomic E-state index is 11.2. The summed E-state index contributed by atoms with van der Waals surface area (Å²) < 4.78 is 2.18. The van der Waals surface area contributed by atoms with Crippen LogP contribution in [0.1, 0.15) is 43.0 Å². The van der Waals surface area contributed by atoms with Crippen LogP contribution in [0, 0.1) is 5.92 Å². The number of carboxylic acids is 1. The third kappa shape index (κ3) is 1.92. The highest BCUT2D eigenvalue weighted by molar-refractivity contribution is 5.87. The highest BCUT2D eigenvalue weighted by atomic mass is 16.4. The minimum absolute atomic E-state index is 0.227. The number of nitrogens with zero attached hydrogens (tertiary/aromatic N) is 1. The predicted molar refractivity (Wildman–Crippen MR) is 80.2 cm³/mol. The molecule has 1 atom stereocenters. The minimum atomic E-state index is -0.663. The molecule has 0 saturated heterocycles. The Hall–Kier alpha value is -1.77. The molecule has 3 heteroatoms. The average Bonchev–Trinajstić information content (AvgIpc) is 2.71. The van der Waals surface area contributed by atoms with Crippen molar-refractivity contribution in [1.29, 1.82) is 0 Å². The first kappa shape index (κ1) is 13.2. The van der Waals surface area contributed by atoms with Gasteiger partial charge in [-0.2, -0.15) is 0 Å². The van der Waals surface area contributed by atoms with Crippen molar-refractivity contribution in [3.05, 3.63) is 35.0 Å². The van der Waals surface area contributed by atoms with Crippen molar-refractivity contribution < 1.29 is 9.90 Å². The van der Waals surface area contributed by atoms with Crippen LogP contribution >= 0.6 is 0 Å². The number of carbonyl (C=O) groups is 1. The molecule has 0 amide bonds. The van der Waals surface area contributed by atoms with E-state index in [9.17, 15) is 9.90 Å². The third-order valence-corrected chi connectivity index (χ3v) is 4.66. The van der Waals surface area contributed by atoms with Crippen LogP contribution in [0.15, 0.2) is 18.2 Å². The lowest BCUT2D eigenvalue weighted by atomic mass is 9.86. The number of hydrogen-bond donors (Lipinski definition) is 1. The van der Waals surface area contributed by atoms with Crippen LogP contribution < -0.4 is 0 Å². The number of aromatic nitrogens is 1. The van der Waals surface area contributed by atoms with E-state index in [0.29, 0.717) is 12.3 Å². The molecule has 3 nitrogen and oxygen atoms in total. The van der Waals surface area contributed by atoms with Crippen LogP contribution in [0.2, 0.25) is 0 Å². The van der Waals surface area contributed by atoms with E-state index >= 15 is 0 Å². The normalized spacial score (nSPS) is 18.5. The first-order valence-electron chi connectivity index (χ1n) is 7.32. The van der Waals surface area contributed by atoms with Gasteiger partial charge in [0, 0.05) is 30.1 Å². The van der Waals surface area contributed by atoms with Crippen LogP contribution in [-0.4, -0.2) is 15.6 Å². The lowest BCUT2D eigenvalue weighted by Crippen LogP contribution is -2.23. The molecule has 1 N–H and O–H groups in total. The Balaban J connectivity index is 2.15. The standard InChI is InChI=1S/C17H21NO2/c1-10(2)11-5-7-15-14(8-11)13-6-4-12(17(19)20)9-16(13)18(15)3/h5,7-8,10,12H,4,6,9H2,1-3H3,(H,19,20). The predicted octanol–water partition coefficient (Wildman–Crippen LogP) is 3.49. The first-order chi connectivity index (χ1) is 9.49. The average molecular weight is 271 g/mol. The third-order valence-electron chi connectivity index (χ3n) is 4.66. The second kappa shape index (κ2) is 4.65. The van der Waals surface area contributed by atoms with Crippen molar-refractivity contribution in [3.63, 3.8) is 0 Å². The van der Waals surface area contributed by atoms with Crippen LogP contribution in [0.4, 0.5) is 0 Å². The summed E-state index contributed by atoms with van der Waals surface area (Å²) in [6, 6.07) is 6.66. The summed E-state index contributed by atoms with van der Waals surface area (Å²) in [4.78, 5) is 11.2. The molecule has 1 aromatic heterocycles. The molecule has 0 fully saturated rings. The van der Waals surface area contributed by atoms with E-state index in [1.165, 1.54) is 27.7 Å². The molecule has 0 saturated carbocycles.